The van der Waals surface area contributed by atoms with Gasteiger partial charge in [-0.3, -0.25) is 4.72 Å². The number of methoxy groups -OCH3 is 1. The number of nitrogens with one attached hydrogen (secondary N) is 1. The highest BCUT2D eigenvalue weighted by Crippen LogP contribution is 2.41. The lowest BCUT2D eigenvalue weighted by molar-refractivity contribution is 0.0598. The summed E-state index contributed by atoms with van der Waals surface area (Å²) in [6.07, 6.45) is 0. The lowest BCUT2D eigenvalue weighted by Gasteiger charge is -2.16. The molecule has 0 radical (unpaired) electrons. The molecule has 7 heteroatoms. The molecular formula is C26H27NO5S. The summed E-state index contributed by atoms with van der Waals surface area (Å²) in [4.78, 5) is 13.0. The van der Waals surface area contributed by atoms with Gasteiger partial charge in [0.25, 0.3) is 10.0 Å². The van der Waals surface area contributed by atoms with Gasteiger partial charge in [0, 0.05) is 21.6 Å². The van der Waals surface area contributed by atoms with Gasteiger partial charge in [-0.2, -0.15) is 0 Å². The van der Waals surface area contributed by atoms with Gasteiger partial charge in [-0.15, -0.1) is 0 Å². The van der Waals surface area contributed by atoms with Crippen LogP contribution < -0.4 is 4.72 Å². The Labute approximate surface area is 193 Å². The highest BCUT2D eigenvalue weighted by molar-refractivity contribution is 7.92. The number of ether oxygens (including phenoxy) is 1. The number of hydrogen-bond acceptors (Lipinski definition) is 5. The highest BCUT2D eigenvalue weighted by atomic mass is 32.2. The van der Waals surface area contributed by atoms with Gasteiger partial charge in [-0.1, -0.05) is 62.7 Å². The molecule has 0 saturated heterocycles. The van der Waals surface area contributed by atoms with Crippen molar-refractivity contribution < 1.29 is 22.4 Å². The number of rotatable bonds is 4. The van der Waals surface area contributed by atoms with Gasteiger partial charge < -0.3 is 9.15 Å². The molecule has 0 atom stereocenters. The lowest BCUT2D eigenvalue weighted by Crippen LogP contribution is -2.16. The number of carbonyl (C=O) groups is 1. The molecule has 172 valence electrons. The van der Waals surface area contributed by atoms with Crippen molar-refractivity contribution in [3.8, 4) is 0 Å². The number of anilines is 1. The van der Waals surface area contributed by atoms with Gasteiger partial charge in [0.1, 0.15) is 16.9 Å². The van der Waals surface area contributed by atoms with Crippen LogP contribution in [0.2, 0.25) is 0 Å². The smallest absolute Gasteiger partial charge is 0.342 e. The Morgan fingerprint density at radius 3 is 2.24 bits per heavy atom. The summed E-state index contributed by atoms with van der Waals surface area (Å²) in [6.45, 7) is 9.53. The largest absolute Gasteiger partial charge is 0.465 e. The van der Waals surface area contributed by atoms with E-state index in [1.165, 1.54) is 7.11 Å². The minimum atomic E-state index is -3.88. The van der Waals surface area contributed by atoms with Crippen LogP contribution in [0.3, 0.4) is 0 Å². The third kappa shape index (κ3) is 3.97. The van der Waals surface area contributed by atoms with E-state index in [-0.39, 0.29) is 4.90 Å². The first-order valence-corrected chi connectivity index (χ1v) is 12.1. The molecule has 1 N–H and O–H groups in total. The lowest BCUT2D eigenvalue weighted by atomic mass is 9.89. The summed E-state index contributed by atoms with van der Waals surface area (Å²) in [7, 11) is -2.56. The quantitative estimate of drug-likeness (QED) is 0.369. The van der Waals surface area contributed by atoms with Crippen LogP contribution in [-0.4, -0.2) is 21.5 Å². The van der Waals surface area contributed by atoms with Crippen LogP contribution in [0, 0.1) is 13.8 Å². The first-order chi connectivity index (χ1) is 15.4. The van der Waals surface area contributed by atoms with Crippen molar-refractivity contribution in [2.75, 3.05) is 11.8 Å². The summed E-state index contributed by atoms with van der Waals surface area (Å²) in [6, 6.07) is 14.2. The molecule has 4 rings (SSSR count). The van der Waals surface area contributed by atoms with Gasteiger partial charge in [0.15, 0.2) is 0 Å². The summed E-state index contributed by atoms with van der Waals surface area (Å²) < 4.78 is 40.7. The monoisotopic (exact) mass is 465 g/mol. The zero-order chi connectivity index (χ0) is 24.1. The average molecular weight is 466 g/mol. The molecule has 0 saturated carbocycles. The van der Waals surface area contributed by atoms with Gasteiger partial charge >= 0.3 is 5.97 Å². The molecule has 0 aliphatic heterocycles. The van der Waals surface area contributed by atoms with Crippen molar-refractivity contribution >= 4 is 43.4 Å². The van der Waals surface area contributed by atoms with Crippen molar-refractivity contribution in [1.29, 1.82) is 0 Å². The molecule has 0 fully saturated rings. The fraction of sp³-hybridized carbons (Fsp3) is 0.269. The second kappa shape index (κ2) is 7.92. The van der Waals surface area contributed by atoms with E-state index >= 15 is 0 Å². The van der Waals surface area contributed by atoms with Crippen molar-refractivity contribution in [2.45, 2.75) is 44.9 Å². The summed E-state index contributed by atoms with van der Waals surface area (Å²) in [5.74, 6) is -0.0407. The maximum Gasteiger partial charge on any atom is 0.342 e. The molecule has 0 amide bonds. The number of hydrogen-bond donors (Lipinski definition) is 1. The molecule has 0 unspecified atom stereocenters. The topological polar surface area (TPSA) is 85.6 Å². The molecule has 0 spiro atoms. The predicted molar refractivity (Wildman–Crippen MR) is 130 cm³/mol. The number of esters is 1. The van der Waals surface area contributed by atoms with Gasteiger partial charge in [-0.25, -0.2) is 13.2 Å². The van der Waals surface area contributed by atoms with Gasteiger partial charge in [0.05, 0.1) is 17.7 Å². The minimum Gasteiger partial charge on any atom is -0.465 e. The van der Waals surface area contributed by atoms with Crippen molar-refractivity contribution in [3.05, 3.63) is 71.0 Å². The number of aryl methyl sites for hydroxylation is 2. The molecule has 3 aromatic carbocycles. The Balaban J connectivity index is 2.02. The average Bonchev–Trinajstić information content (AvgIpc) is 3.13. The zero-order valence-electron chi connectivity index (χ0n) is 19.6. The summed E-state index contributed by atoms with van der Waals surface area (Å²) in [5.41, 5.74) is 2.35. The van der Waals surface area contributed by atoms with Crippen LogP contribution in [0.15, 0.2) is 57.8 Å². The molecular weight excluding hydrogens is 438 g/mol. The standard InChI is InChI=1S/C26H27NO5S/c1-15-11-12-21(16(2)13-15)33(29,30)27-20-14-19-22(25(28)31-6)24(26(3,4)5)32-23(19)18-10-8-7-9-17(18)20/h7-14,27H,1-6H3. The third-order valence-corrected chi connectivity index (χ3v) is 7.16. The minimum absolute atomic E-state index is 0.202. The maximum absolute atomic E-state index is 13.3. The van der Waals surface area contributed by atoms with Gasteiger partial charge in [-0.05, 0) is 31.5 Å². The Bertz CT molecular complexity index is 1510. The molecule has 33 heavy (non-hydrogen) atoms. The Kier molecular flexibility index (Phi) is 5.48. The van der Waals surface area contributed by atoms with E-state index in [2.05, 4.69) is 4.72 Å². The van der Waals surface area contributed by atoms with Crippen LogP contribution in [0.25, 0.3) is 21.7 Å². The molecule has 0 bridgehead atoms. The van der Waals surface area contributed by atoms with E-state index in [1.807, 2.05) is 58.0 Å². The molecule has 4 aromatic rings. The maximum atomic E-state index is 13.3. The second-order valence-corrected chi connectivity index (χ2v) is 10.9. The Morgan fingerprint density at radius 1 is 0.970 bits per heavy atom. The fourth-order valence-electron chi connectivity index (χ4n) is 4.14. The van der Waals surface area contributed by atoms with Crippen molar-refractivity contribution in [1.82, 2.24) is 0 Å². The van der Waals surface area contributed by atoms with Crippen LogP contribution in [0.4, 0.5) is 5.69 Å². The van der Waals surface area contributed by atoms with Crippen LogP contribution in [0.5, 0.6) is 0 Å². The molecule has 6 nitrogen and oxygen atoms in total. The Hall–Kier alpha value is -3.32. The number of carbonyl (C=O) groups excluding carboxylic acids is 1. The summed E-state index contributed by atoms with van der Waals surface area (Å²) >= 11 is 0. The zero-order valence-corrected chi connectivity index (χ0v) is 20.4. The summed E-state index contributed by atoms with van der Waals surface area (Å²) in [5, 5.41) is 1.88. The van der Waals surface area contributed by atoms with E-state index in [1.54, 1.807) is 25.1 Å². The third-order valence-electron chi connectivity index (χ3n) is 5.63. The molecule has 1 heterocycles. The fourth-order valence-corrected chi connectivity index (χ4v) is 5.44. The number of benzene rings is 3. The SMILES string of the molecule is COC(=O)c1c(C(C)(C)C)oc2c1cc(NS(=O)(=O)c1ccc(C)cc1C)c1ccccc12. The van der Waals surface area contributed by atoms with Crippen LogP contribution in [-0.2, 0) is 20.2 Å². The first kappa shape index (κ1) is 22.9. The molecule has 0 aliphatic carbocycles. The van der Waals surface area contributed by atoms with Crippen LogP contribution >= 0.6 is 0 Å². The Morgan fingerprint density at radius 2 is 1.64 bits per heavy atom. The number of sulfonamides is 1. The predicted octanol–water partition coefficient (Wildman–Crippen LogP) is 6.09. The number of furan rings is 1. The normalized spacial score (nSPS) is 12.3. The van der Waals surface area contributed by atoms with E-state index in [9.17, 15) is 13.2 Å². The first-order valence-electron chi connectivity index (χ1n) is 10.6. The van der Waals surface area contributed by atoms with E-state index < -0.39 is 21.4 Å². The van der Waals surface area contributed by atoms with Gasteiger partial charge in [0.2, 0.25) is 0 Å². The van der Waals surface area contributed by atoms with E-state index in [0.717, 1.165) is 5.56 Å². The van der Waals surface area contributed by atoms with Crippen molar-refractivity contribution in [3.63, 3.8) is 0 Å². The van der Waals surface area contributed by atoms with Crippen LogP contribution in [0.1, 0.15) is 48.0 Å². The second-order valence-electron chi connectivity index (χ2n) is 9.27. The highest BCUT2D eigenvalue weighted by Gasteiger charge is 2.31. The molecule has 1 aromatic heterocycles. The van der Waals surface area contributed by atoms with Crippen molar-refractivity contribution in [2.24, 2.45) is 0 Å². The van der Waals surface area contributed by atoms with E-state index in [0.29, 0.717) is 44.3 Å². The number of fused-ring (bicyclic) bond motifs is 3. The molecule has 0 aliphatic rings. The van der Waals surface area contributed by atoms with E-state index in [4.69, 9.17) is 9.15 Å².